The summed E-state index contributed by atoms with van der Waals surface area (Å²) in [4.78, 5) is 12.6. The number of nitrogens with zero attached hydrogens (tertiary/aromatic N) is 1. The van der Waals surface area contributed by atoms with Gasteiger partial charge in [0.2, 0.25) is 0 Å². The molecule has 6 nitrogen and oxygen atoms in total. The van der Waals surface area contributed by atoms with Crippen molar-refractivity contribution in [2.24, 2.45) is 0 Å². The summed E-state index contributed by atoms with van der Waals surface area (Å²) in [5.74, 6) is 0. The molecule has 3 aromatic rings. The molecule has 1 aliphatic heterocycles. The number of carbonyl (C=O) groups is 1. The fourth-order valence-corrected chi connectivity index (χ4v) is 5.33. The lowest BCUT2D eigenvalue weighted by atomic mass is 10.1. The minimum atomic E-state index is -3.63. The second kappa shape index (κ2) is 8.24. The third-order valence-electron chi connectivity index (χ3n) is 5.17. The molecule has 0 fully saturated rings. The molecule has 2 N–H and O–H groups in total. The van der Waals surface area contributed by atoms with Crippen LogP contribution in [0.1, 0.15) is 16.7 Å². The van der Waals surface area contributed by atoms with Crippen LogP contribution >= 0.6 is 11.6 Å². The van der Waals surface area contributed by atoms with Crippen LogP contribution in [0.3, 0.4) is 0 Å². The van der Waals surface area contributed by atoms with Crippen molar-refractivity contribution in [3.8, 4) is 0 Å². The highest BCUT2D eigenvalue weighted by Crippen LogP contribution is 2.35. The van der Waals surface area contributed by atoms with Gasteiger partial charge in [-0.15, -0.1) is 0 Å². The Kier molecular flexibility index (Phi) is 5.64. The van der Waals surface area contributed by atoms with Crippen molar-refractivity contribution in [1.82, 2.24) is 0 Å². The smallest absolute Gasteiger partial charge is 0.308 e. The Balaban J connectivity index is 1.51. The van der Waals surface area contributed by atoms with E-state index < -0.39 is 16.1 Å². The fourth-order valence-electron chi connectivity index (χ4n) is 3.54. The summed E-state index contributed by atoms with van der Waals surface area (Å²) in [6, 6.07) is 17.0. The van der Waals surface area contributed by atoms with Gasteiger partial charge in [-0.05, 0) is 73.9 Å². The Labute approximate surface area is 186 Å². The molecule has 0 atom stereocenters. The summed E-state index contributed by atoms with van der Waals surface area (Å²) in [5.41, 5.74) is 4.59. The zero-order chi connectivity index (χ0) is 22.2. The monoisotopic (exact) mass is 455 g/mol. The number of sulfonamides is 1. The number of rotatable bonds is 4. The summed E-state index contributed by atoms with van der Waals surface area (Å²) in [7, 11) is -3.63. The lowest BCUT2D eigenvalue weighted by Crippen LogP contribution is -2.29. The molecular weight excluding hydrogens is 434 g/mol. The average molecular weight is 456 g/mol. The minimum Gasteiger partial charge on any atom is -0.308 e. The molecule has 0 spiro atoms. The molecule has 1 aliphatic rings. The molecule has 0 bridgehead atoms. The Morgan fingerprint density at radius 1 is 0.935 bits per heavy atom. The Morgan fingerprint density at radius 2 is 1.65 bits per heavy atom. The number of nitrogens with one attached hydrogen (secondary N) is 2. The number of halogens is 1. The topological polar surface area (TPSA) is 78.5 Å². The molecule has 160 valence electrons. The van der Waals surface area contributed by atoms with Crippen LogP contribution in [0, 0.1) is 13.8 Å². The maximum absolute atomic E-state index is 13.1. The molecule has 0 aliphatic carbocycles. The Morgan fingerprint density at radius 3 is 2.35 bits per heavy atom. The van der Waals surface area contributed by atoms with Crippen molar-refractivity contribution in [3.05, 3.63) is 82.4 Å². The van der Waals surface area contributed by atoms with E-state index >= 15 is 0 Å². The highest BCUT2D eigenvalue weighted by atomic mass is 35.5. The van der Waals surface area contributed by atoms with Gasteiger partial charge in [0.05, 0.1) is 21.3 Å². The Hall–Kier alpha value is -3.03. The van der Waals surface area contributed by atoms with Crippen LogP contribution < -0.4 is 14.9 Å². The van der Waals surface area contributed by atoms with E-state index in [-0.39, 0.29) is 4.90 Å². The highest BCUT2D eigenvalue weighted by Gasteiger charge is 2.31. The van der Waals surface area contributed by atoms with Gasteiger partial charge in [-0.2, -0.15) is 0 Å². The van der Waals surface area contributed by atoms with Crippen LogP contribution in [0.4, 0.5) is 21.9 Å². The molecule has 0 unspecified atom stereocenters. The van der Waals surface area contributed by atoms with Crippen molar-refractivity contribution in [2.75, 3.05) is 21.5 Å². The molecule has 4 rings (SSSR count). The SMILES string of the molecule is Cc1ccc(S(=O)(=O)N2CCc3cc(NC(=O)Nc4ccc(C)cc4Cl)ccc32)cc1. The summed E-state index contributed by atoms with van der Waals surface area (Å²) >= 11 is 6.17. The number of hydrogen-bond donors (Lipinski definition) is 2. The second-order valence-electron chi connectivity index (χ2n) is 7.55. The van der Waals surface area contributed by atoms with Crippen LogP contribution in [0.2, 0.25) is 5.02 Å². The maximum Gasteiger partial charge on any atom is 0.323 e. The number of amides is 2. The largest absolute Gasteiger partial charge is 0.323 e. The van der Waals surface area contributed by atoms with Gasteiger partial charge < -0.3 is 10.6 Å². The summed E-state index contributed by atoms with van der Waals surface area (Å²) in [5, 5.41) is 5.96. The van der Waals surface area contributed by atoms with E-state index in [1.54, 1.807) is 54.6 Å². The number of urea groups is 1. The van der Waals surface area contributed by atoms with Gasteiger partial charge in [0.25, 0.3) is 10.0 Å². The van der Waals surface area contributed by atoms with Gasteiger partial charge in [-0.3, -0.25) is 4.31 Å². The number of hydrogen-bond acceptors (Lipinski definition) is 3. The minimum absolute atomic E-state index is 0.266. The van der Waals surface area contributed by atoms with E-state index in [2.05, 4.69) is 10.6 Å². The van der Waals surface area contributed by atoms with Gasteiger partial charge in [0.1, 0.15) is 0 Å². The molecule has 1 heterocycles. The van der Waals surface area contributed by atoms with E-state index in [1.807, 2.05) is 19.9 Å². The first-order valence-electron chi connectivity index (χ1n) is 9.80. The second-order valence-corrected chi connectivity index (χ2v) is 9.82. The number of fused-ring (bicyclic) bond motifs is 1. The van der Waals surface area contributed by atoms with E-state index in [9.17, 15) is 13.2 Å². The number of benzene rings is 3. The molecular formula is C23H22ClN3O3S. The standard InChI is InChI=1S/C23H22ClN3O3S/c1-15-3-7-19(8-4-15)31(29,30)27-12-11-17-14-18(6-10-22(17)27)25-23(28)26-21-9-5-16(2)13-20(21)24/h3-10,13-14H,11-12H2,1-2H3,(H2,25,26,28). The summed E-state index contributed by atoms with van der Waals surface area (Å²) < 4.78 is 27.5. The average Bonchev–Trinajstić information content (AvgIpc) is 3.14. The zero-order valence-electron chi connectivity index (χ0n) is 17.1. The maximum atomic E-state index is 13.1. The first-order chi connectivity index (χ1) is 14.7. The van der Waals surface area contributed by atoms with Crippen molar-refractivity contribution < 1.29 is 13.2 Å². The number of anilines is 3. The third kappa shape index (κ3) is 4.38. The zero-order valence-corrected chi connectivity index (χ0v) is 18.7. The van der Waals surface area contributed by atoms with E-state index in [4.69, 9.17) is 11.6 Å². The molecule has 0 saturated heterocycles. The van der Waals surface area contributed by atoms with E-state index in [1.165, 1.54) is 4.31 Å². The van der Waals surface area contributed by atoms with E-state index in [0.29, 0.717) is 35.1 Å². The van der Waals surface area contributed by atoms with Crippen molar-refractivity contribution in [2.45, 2.75) is 25.2 Å². The van der Waals surface area contributed by atoms with Crippen molar-refractivity contribution in [1.29, 1.82) is 0 Å². The van der Waals surface area contributed by atoms with Crippen molar-refractivity contribution in [3.63, 3.8) is 0 Å². The Bertz CT molecular complexity index is 1260. The van der Waals surface area contributed by atoms with Gasteiger partial charge >= 0.3 is 6.03 Å². The normalized spacial score (nSPS) is 13.1. The predicted octanol–water partition coefficient (Wildman–Crippen LogP) is 5.35. The first kappa shape index (κ1) is 21.2. The van der Waals surface area contributed by atoms with Crippen molar-refractivity contribution >= 4 is 44.7 Å². The van der Waals surface area contributed by atoms with E-state index in [0.717, 1.165) is 16.7 Å². The molecule has 2 amide bonds. The van der Waals surface area contributed by atoms with Crippen LogP contribution in [0.15, 0.2) is 65.6 Å². The first-order valence-corrected chi connectivity index (χ1v) is 11.6. The van der Waals surface area contributed by atoms with Crippen LogP contribution in [-0.4, -0.2) is 21.0 Å². The predicted molar refractivity (Wildman–Crippen MR) is 125 cm³/mol. The molecule has 3 aromatic carbocycles. The highest BCUT2D eigenvalue weighted by molar-refractivity contribution is 7.92. The fraction of sp³-hybridized carbons (Fsp3) is 0.174. The lowest BCUT2D eigenvalue weighted by molar-refractivity contribution is 0.262. The van der Waals surface area contributed by atoms with Gasteiger partial charge in [0, 0.05) is 12.2 Å². The molecule has 0 aromatic heterocycles. The summed E-state index contributed by atoms with van der Waals surface area (Å²) in [6.45, 7) is 4.20. The quantitative estimate of drug-likeness (QED) is 0.556. The van der Waals surface area contributed by atoms with Crippen LogP contribution in [0.5, 0.6) is 0 Å². The van der Waals surface area contributed by atoms with Gasteiger partial charge in [-0.1, -0.05) is 35.4 Å². The number of aryl methyl sites for hydroxylation is 2. The van der Waals surface area contributed by atoms with Crippen LogP contribution in [0.25, 0.3) is 0 Å². The molecule has 8 heteroatoms. The summed E-state index contributed by atoms with van der Waals surface area (Å²) in [6.07, 6.45) is 0.571. The third-order valence-corrected chi connectivity index (χ3v) is 7.31. The molecule has 31 heavy (non-hydrogen) atoms. The van der Waals surface area contributed by atoms with Gasteiger partial charge in [-0.25, -0.2) is 13.2 Å². The van der Waals surface area contributed by atoms with Crippen LogP contribution in [-0.2, 0) is 16.4 Å². The lowest BCUT2D eigenvalue weighted by Gasteiger charge is -2.20. The molecule has 0 saturated carbocycles. The molecule has 0 radical (unpaired) electrons. The van der Waals surface area contributed by atoms with Gasteiger partial charge in [0.15, 0.2) is 0 Å². The number of carbonyl (C=O) groups excluding carboxylic acids is 1.